The number of rotatable bonds is 4. The highest BCUT2D eigenvalue weighted by molar-refractivity contribution is 7.16. The van der Waals surface area contributed by atoms with Crippen molar-refractivity contribution < 1.29 is 4.79 Å². The first kappa shape index (κ1) is 11.5. The van der Waals surface area contributed by atoms with Crippen LogP contribution in [0.2, 0.25) is 4.34 Å². The Morgan fingerprint density at radius 2 is 2.29 bits per heavy atom. The van der Waals surface area contributed by atoms with Gasteiger partial charge >= 0.3 is 0 Å². The van der Waals surface area contributed by atoms with E-state index >= 15 is 0 Å². The van der Waals surface area contributed by atoms with E-state index in [-0.39, 0.29) is 5.78 Å². The van der Waals surface area contributed by atoms with Crippen molar-refractivity contribution in [1.29, 1.82) is 0 Å². The second-order valence-corrected chi connectivity index (χ2v) is 4.77. The van der Waals surface area contributed by atoms with Crippen LogP contribution in [0.1, 0.15) is 25.1 Å². The van der Waals surface area contributed by atoms with E-state index in [1.165, 1.54) is 11.3 Å². The fraction of sp³-hybridized carbons (Fsp3) is 0.364. The normalized spacial score (nSPS) is 11.8. The van der Waals surface area contributed by atoms with Crippen LogP contribution in [0.25, 0.3) is 0 Å². The number of carbonyl (C=O) groups is 1. The van der Waals surface area contributed by atoms with Gasteiger partial charge in [-0.05, 0) is 31.1 Å². The highest BCUT2D eigenvalue weighted by Gasteiger charge is 2.09. The molecule has 0 fully saturated rings. The molecular formula is C11H13ClOS. The minimum atomic E-state index is 0.202. The molecule has 0 saturated heterocycles. The van der Waals surface area contributed by atoms with Gasteiger partial charge < -0.3 is 0 Å². The molecule has 0 bridgehead atoms. The van der Waals surface area contributed by atoms with Crippen LogP contribution in [0.4, 0.5) is 0 Å². The zero-order chi connectivity index (χ0) is 10.6. The fourth-order valence-electron chi connectivity index (χ4n) is 1.28. The van der Waals surface area contributed by atoms with Crippen LogP contribution in [0.3, 0.4) is 0 Å². The Morgan fingerprint density at radius 1 is 1.57 bits per heavy atom. The summed E-state index contributed by atoms with van der Waals surface area (Å²) in [4.78, 5) is 12.7. The van der Waals surface area contributed by atoms with Crippen molar-refractivity contribution in [1.82, 2.24) is 0 Å². The van der Waals surface area contributed by atoms with Crippen LogP contribution >= 0.6 is 22.9 Å². The zero-order valence-corrected chi connectivity index (χ0v) is 9.91. The zero-order valence-electron chi connectivity index (χ0n) is 8.34. The summed E-state index contributed by atoms with van der Waals surface area (Å²) in [6.45, 7) is 3.90. The fourth-order valence-corrected chi connectivity index (χ4v) is 2.37. The first-order valence-corrected chi connectivity index (χ1v) is 5.79. The standard InChI is InChI=1S/C11H13ClOS/c1-3-8(4-2)10(13)7-9-5-6-11(12)14-9/h3,5-6H,4,7H2,1-2H3/b8-3-. The Bertz CT molecular complexity index is 352. The van der Waals surface area contributed by atoms with Gasteiger partial charge in [0.15, 0.2) is 5.78 Å². The monoisotopic (exact) mass is 228 g/mol. The Morgan fingerprint density at radius 3 is 2.71 bits per heavy atom. The number of hydrogen-bond donors (Lipinski definition) is 0. The number of Topliss-reactive ketones (excluding diaryl/α,β-unsaturated/α-hetero) is 1. The average molecular weight is 229 g/mol. The van der Waals surface area contributed by atoms with E-state index < -0.39 is 0 Å². The summed E-state index contributed by atoms with van der Waals surface area (Å²) in [5, 5.41) is 0. The Labute approximate surface area is 93.4 Å². The van der Waals surface area contributed by atoms with Gasteiger partial charge in [0.2, 0.25) is 0 Å². The van der Waals surface area contributed by atoms with E-state index in [4.69, 9.17) is 11.6 Å². The van der Waals surface area contributed by atoms with Crippen LogP contribution in [-0.2, 0) is 11.2 Å². The van der Waals surface area contributed by atoms with Gasteiger partial charge in [-0.2, -0.15) is 0 Å². The van der Waals surface area contributed by atoms with Gasteiger partial charge in [0.25, 0.3) is 0 Å². The predicted molar refractivity (Wildman–Crippen MR) is 62.1 cm³/mol. The summed E-state index contributed by atoms with van der Waals surface area (Å²) in [6.07, 6.45) is 3.16. The number of ketones is 1. The maximum Gasteiger partial charge on any atom is 0.163 e. The number of halogens is 1. The van der Waals surface area contributed by atoms with Crippen molar-refractivity contribution in [3.8, 4) is 0 Å². The van der Waals surface area contributed by atoms with E-state index in [2.05, 4.69) is 0 Å². The van der Waals surface area contributed by atoms with Gasteiger partial charge in [-0.3, -0.25) is 4.79 Å². The van der Waals surface area contributed by atoms with Gasteiger partial charge in [0.1, 0.15) is 0 Å². The molecule has 1 nitrogen and oxygen atoms in total. The molecule has 0 N–H and O–H groups in total. The molecule has 0 unspecified atom stereocenters. The van der Waals surface area contributed by atoms with E-state index in [0.717, 1.165) is 21.2 Å². The third-order valence-electron chi connectivity index (χ3n) is 2.05. The molecule has 0 aliphatic heterocycles. The van der Waals surface area contributed by atoms with Crippen molar-refractivity contribution in [2.24, 2.45) is 0 Å². The lowest BCUT2D eigenvalue weighted by atomic mass is 10.1. The quantitative estimate of drug-likeness (QED) is 0.715. The van der Waals surface area contributed by atoms with Gasteiger partial charge in [0, 0.05) is 11.3 Å². The number of carbonyl (C=O) groups excluding carboxylic acids is 1. The molecular weight excluding hydrogens is 216 g/mol. The van der Waals surface area contributed by atoms with Gasteiger partial charge in [0.05, 0.1) is 4.34 Å². The minimum absolute atomic E-state index is 0.202. The van der Waals surface area contributed by atoms with Crippen molar-refractivity contribution in [2.75, 3.05) is 0 Å². The first-order chi connectivity index (χ1) is 6.67. The van der Waals surface area contributed by atoms with Crippen molar-refractivity contribution >= 4 is 28.7 Å². The summed E-state index contributed by atoms with van der Waals surface area (Å²) < 4.78 is 0.742. The summed E-state index contributed by atoms with van der Waals surface area (Å²) in [5.74, 6) is 0.202. The lowest BCUT2D eigenvalue weighted by Gasteiger charge is -2.00. The third kappa shape index (κ3) is 2.96. The third-order valence-corrected chi connectivity index (χ3v) is 3.28. The van der Waals surface area contributed by atoms with Gasteiger partial charge in [-0.25, -0.2) is 0 Å². The molecule has 0 amide bonds. The Balaban J connectivity index is 2.66. The van der Waals surface area contributed by atoms with E-state index in [1.54, 1.807) is 0 Å². The maximum atomic E-state index is 11.7. The molecule has 1 aromatic heterocycles. The molecule has 0 aromatic carbocycles. The summed E-state index contributed by atoms with van der Waals surface area (Å²) >= 11 is 7.26. The molecule has 0 saturated carbocycles. The van der Waals surface area contributed by atoms with Gasteiger partial charge in [-0.1, -0.05) is 24.6 Å². The van der Waals surface area contributed by atoms with Crippen LogP contribution in [0.5, 0.6) is 0 Å². The second-order valence-electron chi connectivity index (χ2n) is 2.97. The lowest BCUT2D eigenvalue weighted by molar-refractivity contribution is -0.115. The lowest BCUT2D eigenvalue weighted by Crippen LogP contribution is -2.04. The maximum absolute atomic E-state index is 11.7. The molecule has 1 heterocycles. The highest BCUT2D eigenvalue weighted by atomic mass is 35.5. The molecule has 1 aromatic rings. The first-order valence-electron chi connectivity index (χ1n) is 4.60. The molecule has 1 rings (SSSR count). The SMILES string of the molecule is C/C=C(/CC)C(=O)Cc1ccc(Cl)s1. The molecule has 76 valence electrons. The summed E-state index contributed by atoms with van der Waals surface area (Å²) in [5.41, 5.74) is 0.898. The molecule has 0 atom stereocenters. The van der Waals surface area contributed by atoms with Crippen LogP contribution < -0.4 is 0 Å². The van der Waals surface area contributed by atoms with E-state index in [1.807, 2.05) is 32.1 Å². The van der Waals surface area contributed by atoms with Crippen LogP contribution in [0, 0.1) is 0 Å². The summed E-state index contributed by atoms with van der Waals surface area (Å²) in [7, 11) is 0. The molecule has 3 heteroatoms. The van der Waals surface area contributed by atoms with Gasteiger partial charge in [-0.15, -0.1) is 11.3 Å². The molecule has 0 radical (unpaired) electrons. The smallest absolute Gasteiger partial charge is 0.163 e. The Kier molecular flexibility index (Phi) is 4.36. The molecule has 0 aliphatic carbocycles. The van der Waals surface area contributed by atoms with Crippen LogP contribution in [-0.4, -0.2) is 5.78 Å². The second kappa shape index (κ2) is 5.32. The largest absolute Gasteiger partial charge is 0.294 e. The minimum Gasteiger partial charge on any atom is -0.294 e. The predicted octanol–water partition coefficient (Wildman–Crippen LogP) is 3.87. The molecule has 0 spiro atoms. The molecule has 14 heavy (non-hydrogen) atoms. The molecule has 0 aliphatic rings. The average Bonchev–Trinajstić information content (AvgIpc) is 2.53. The topological polar surface area (TPSA) is 17.1 Å². The van der Waals surface area contributed by atoms with Crippen molar-refractivity contribution in [3.63, 3.8) is 0 Å². The Hall–Kier alpha value is -0.600. The van der Waals surface area contributed by atoms with E-state index in [0.29, 0.717) is 6.42 Å². The number of allylic oxidation sites excluding steroid dienone is 2. The number of hydrogen-bond acceptors (Lipinski definition) is 2. The van der Waals surface area contributed by atoms with E-state index in [9.17, 15) is 4.79 Å². The van der Waals surface area contributed by atoms with Crippen LogP contribution in [0.15, 0.2) is 23.8 Å². The van der Waals surface area contributed by atoms with Crippen molar-refractivity contribution in [3.05, 3.63) is 33.0 Å². The number of thiophene rings is 1. The van der Waals surface area contributed by atoms with Crippen molar-refractivity contribution in [2.45, 2.75) is 26.7 Å². The highest BCUT2D eigenvalue weighted by Crippen LogP contribution is 2.22. The summed E-state index contributed by atoms with van der Waals surface area (Å²) in [6, 6.07) is 3.74.